The standard InChI is InChI=1S/C10H14N2OS/c1-10(2,3)9-12-7(6-14-9)8(5-11)13-4/h6,8H,1-4H3. The van der Waals surface area contributed by atoms with E-state index in [9.17, 15) is 0 Å². The second-order valence-electron chi connectivity index (χ2n) is 4.07. The Hall–Kier alpha value is -0.920. The minimum Gasteiger partial charge on any atom is -0.360 e. The Bertz CT molecular complexity index is 346. The van der Waals surface area contributed by atoms with Crippen molar-refractivity contribution in [3.63, 3.8) is 0 Å². The minimum atomic E-state index is -0.539. The first kappa shape index (κ1) is 11.2. The monoisotopic (exact) mass is 210 g/mol. The molecule has 0 N–H and O–H groups in total. The molecule has 1 rings (SSSR count). The van der Waals surface area contributed by atoms with Crippen molar-refractivity contribution >= 4 is 11.3 Å². The molecule has 0 spiro atoms. The summed E-state index contributed by atoms with van der Waals surface area (Å²) in [5, 5.41) is 11.7. The number of hydrogen-bond donors (Lipinski definition) is 0. The molecule has 14 heavy (non-hydrogen) atoms. The highest BCUT2D eigenvalue weighted by molar-refractivity contribution is 7.09. The van der Waals surface area contributed by atoms with Crippen LogP contribution < -0.4 is 0 Å². The van der Waals surface area contributed by atoms with E-state index >= 15 is 0 Å². The highest BCUT2D eigenvalue weighted by Crippen LogP contribution is 2.28. The lowest BCUT2D eigenvalue weighted by Gasteiger charge is -2.13. The molecule has 0 bridgehead atoms. The summed E-state index contributed by atoms with van der Waals surface area (Å²) in [5.74, 6) is 0. The Labute approximate surface area is 88.4 Å². The number of methoxy groups -OCH3 is 1. The van der Waals surface area contributed by atoms with Crippen LogP contribution in [0.1, 0.15) is 37.6 Å². The first-order valence-electron chi connectivity index (χ1n) is 4.37. The van der Waals surface area contributed by atoms with E-state index in [2.05, 4.69) is 31.8 Å². The topological polar surface area (TPSA) is 45.9 Å². The summed E-state index contributed by atoms with van der Waals surface area (Å²) in [4.78, 5) is 4.39. The molecule has 1 aromatic rings. The fourth-order valence-corrected chi connectivity index (χ4v) is 1.91. The third-order valence-electron chi connectivity index (χ3n) is 1.79. The van der Waals surface area contributed by atoms with Crippen molar-refractivity contribution in [3.8, 4) is 6.07 Å². The highest BCUT2D eigenvalue weighted by atomic mass is 32.1. The van der Waals surface area contributed by atoms with E-state index in [1.54, 1.807) is 11.3 Å². The normalized spacial score (nSPS) is 13.6. The molecule has 0 amide bonds. The lowest BCUT2D eigenvalue weighted by Crippen LogP contribution is -2.11. The van der Waals surface area contributed by atoms with Gasteiger partial charge in [-0.1, -0.05) is 20.8 Å². The van der Waals surface area contributed by atoms with Gasteiger partial charge in [-0.3, -0.25) is 0 Å². The molecule has 3 nitrogen and oxygen atoms in total. The molecule has 4 heteroatoms. The van der Waals surface area contributed by atoms with Crippen molar-refractivity contribution < 1.29 is 4.74 Å². The van der Waals surface area contributed by atoms with Gasteiger partial charge in [0, 0.05) is 17.9 Å². The van der Waals surface area contributed by atoms with Gasteiger partial charge in [0.1, 0.15) is 6.07 Å². The van der Waals surface area contributed by atoms with Crippen molar-refractivity contribution in [3.05, 3.63) is 16.1 Å². The van der Waals surface area contributed by atoms with Gasteiger partial charge in [0.15, 0.2) is 6.10 Å². The summed E-state index contributed by atoms with van der Waals surface area (Å²) in [6.45, 7) is 6.30. The Morgan fingerprint density at radius 3 is 2.57 bits per heavy atom. The molecule has 0 fully saturated rings. The summed E-state index contributed by atoms with van der Waals surface area (Å²) >= 11 is 1.57. The minimum absolute atomic E-state index is 0.0384. The summed E-state index contributed by atoms with van der Waals surface area (Å²) in [6.07, 6.45) is -0.539. The highest BCUT2D eigenvalue weighted by Gasteiger charge is 2.20. The van der Waals surface area contributed by atoms with Crippen molar-refractivity contribution in [1.29, 1.82) is 5.26 Å². The van der Waals surface area contributed by atoms with Crippen molar-refractivity contribution in [2.24, 2.45) is 0 Å². The van der Waals surface area contributed by atoms with Gasteiger partial charge in [-0.05, 0) is 0 Å². The Morgan fingerprint density at radius 1 is 1.57 bits per heavy atom. The van der Waals surface area contributed by atoms with Gasteiger partial charge in [0.2, 0.25) is 0 Å². The smallest absolute Gasteiger partial charge is 0.186 e. The lowest BCUT2D eigenvalue weighted by molar-refractivity contribution is 0.145. The van der Waals surface area contributed by atoms with Crippen LogP contribution in [0, 0.1) is 11.3 Å². The molecular weight excluding hydrogens is 196 g/mol. The SMILES string of the molecule is COC(C#N)c1csc(C(C)(C)C)n1. The van der Waals surface area contributed by atoms with E-state index in [1.165, 1.54) is 7.11 Å². The van der Waals surface area contributed by atoms with E-state index < -0.39 is 6.10 Å². The van der Waals surface area contributed by atoms with Crippen LogP contribution >= 0.6 is 11.3 Å². The average Bonchev–Trinajstić information content (AvgIpc) is 2.54. The lowest BCUT2D eigenvalue weighted by atomic mass is 9.98. The zero-order valence-corrected chi connectivity index (χ0v) is 9.68. The second-order valence-corrected chi connectivity index (χ2v) is 4.93. The Morgan fingerprint density at radius 2 is 2.21 bits per heavy atom. The number of nitriles is 1. The van der Waals surface area contributed by atoms with Gasteiger partial charge in [0.25, 0.3) is 0 Å². The van der Waals surface area contributed by atoms with Crippen LogP contribution in [0.15, 0.2) is 5.38 Å². The van der Waals surface area contributed by atoms with Crippen molar-refractivity contribution in [2.75, 3.05) is 7.11 Å². The summed E-state index contributed by atoms with van der Waals surface area (Å²) in [6, 6.07) is 2.05. The largest absolute Gasteiger partial charge is 0.360 e. The summed E-state index contributed by atoms with van der Waals surface area (Å²) in [5.41, 5.74) is 0.751. The molecule has 0 aliphatic rings. The van der Waals surface area contributed by atoms with Crippen LogP contribution in [0.4, 0.5) is 0 Å². The van der Waals surface area contributed by atoms with E-state index in [1.807, 2.05) is 5.38 Å². The van der Waals surface area contributed by atoms with Gasteiger partial charge < -0.3 is 4.74 Å². The zero-order valence-electron chi connectivity index (χ0n) is 8.87. The molecule has 1 aromatic heterocycles. The quantitative estimate of drug-likeness (QED) is 0.753. The maximum absolute atomic E-state index is 8.78. The third-order valence-corrected chi connectivity index (χ3v) is 3.07. The molecule has 0 aliphatic heterocycles. The van der Waals surface area contributed by atoms with E-state index in [0.717, 1.165) is 5.01 Å². The van der Waals surface area contributed by atoms with Crippen LogP contribution in [0.5, 0.6) is 0 Å². The Balaban J connectivity index is 2.94. The van der Waals surface area contributed by atoms with Gasteiger partial charge in [-0.2, -0.15) is 5.26 Å². The maximum Gasteiger partial charge on any atom is 0.186 e. The number of aromatic nitrogens is 1. The number of ether oxygens (including phenoxy) is 1. The molecule has 0 aliphatic carbocycles. The molecule has 1 unspecified atom stereocenters. The molecular formula is C10H14N2OS. The summed E-state index contributed by atoms with van der Waals surface area (Å²) < 4.78 is 4.99. The van der Waals surface area contributed by atoms with E-state index in [4.69, 9.17) is 10.00 Å². The fourth-order valence-electron chi connectivity index (χ4n) is 0.991. The first-order chi connectivity index (χ1) is 6.49. The maximum atomic E-state index is 8.78. The average molecular weight is 210 g/mol. The fraction of sp³-hybridized carbons (Fsp3) is 0.600. The van der Waals surface area contributed by atoms with Crippen LogP contribution in [-0.4, -0.2) is 12.1 Å². The number of hydrogen-bond acceptors (Lipinski definition) is 4. The van der Waals surface area contributed by atoms with E-state index in [0.29, 0.717) is 5.69 Å². The molecule has 1 heterocycles. The number of rotatable bonds is 2. The first-order valence-corrected chi connectivity index (χ1v) is 5.25. The molecule has 0 aromatic carbocycles. The second kappa shape index (κ2) is 4.07. The van der Waals surface area contributed by atoms with Gasteiger partial charge in [0.05, 0.1) is 10.7 Å². The molecule has 76 valence electrons. The number of thiazole rings is 1. The van der Waals surface area contributed by atoms with Crippen LogP contribution in [0.2, 0.25) is 0 Å². The number of nitrogens with zero attached hydrogens (tertiary/aromatic N) is 2. The van der Waals surface area contributed by atoms with Gasteiger partial charge >= 0.3 is 0 Å². The molecule has 0 radical (unpaired) electrons. The van der Waals surface area contributed by atoms with E-state index in [-0.39, 0.29) is 5.41 Å². The zero-order chi connectivity index (χ0) is 10.8. The van der Waals surface area contributed by atoms with Crippen LogP contribution in [0.3, 0.4) is 0 Å². The van der Waals surface area contributed by atoms with Gasteiger partial charge in [-0.25, -0.2) is 4.98 Å². The predicted molar refractivity (Wildman–Crippen MR) is 56.2 cm³/mol. The molecule has 0 saturated carbocycles. The predicted octanol–water partition coefficient (Wildman–Crippen LogP) is 2.65. The van der Waals surface area contributed by atoms with Crippen LogP contribution in [0.25, 0.3) is 0 Å². The third kappa shape index (κ3) is 2.31. The van der Waals surface area contributed by atoms with Crippen molar-refractivity contribution in [2.45, 2.75) is 32.3 Å². The molecule has 0 saturated heterocycles. The van der Waals surface area contributed by atoms with Crippen LogP contribution in [-0.2, 0) is 10.2 Å². The molecule has 1 atom stereocenters. The summed E-state index contributed by atoms with van der Waals surface area (Å²) in [7, 11) is 1.52. The van der Waals surface area contributed by atoms with Crippen molar-refractivity contribution in [1.82, 2.24) is 4.98 Å². The van der Waals surface area contributed by atoms with Gasteiger partial charge in [-0.15, -0.1) is 11.3 Å². The Kier molecular flexibility index (Phi) is 3.25.